The number of nitrogens with zero attached hydrogens (tertiary/aromatic N) is 2. The van der Waals surface area contributed by atoms with E-state index in [0.717, 1.165) is 55.6 Å². The van der Waals surface area contributed by atoms with Gasteiger partial charge in [-0.05, 0) is 55.8 Å². The van der Waals surface area contributed by atoms with Crippen molar-refractivity contribution < 1.29 is 13.7 Å². The molecule has 0 fully saturated rings. The van der Waals surface area contributed by atoms with E-state index in [4.69, 9.17) is 9.15 Å². The van der Waals surface area contributed by atoms with E-state index in [9.17, 15) is 5.26 Å². The quantitative estimate of drug-likeness (QED) is 0.381. The van der Waals surface area contributed by atoms with Crippen molar-refractivity contribution in [2.24, 2.45) is 12.5 Å². The maximum Gasteiger partial charge on any atom is 0.228 e. The largest absolute Gasteiger partial charge is 0.464 e. The SMILES string of the molecule is Cc1c2c(cc3occc13)Oc1cc(CC(C)(C)C#N)cc3cc[n+](C)c-2c13. The summed E-state index contributed by atoms with van der Waals surface area (Å²) in [6.07, 6.45) is 4.49. The van der Waals surface area contributed by atoms with E-state index in [1.807, 2.05) is 26.0 Å². The van der Waals surface area contributed by atoms with Gasteiger partial charge < -0.3 is 9.15 Å². The topological polar surface area (TPSA) is 50.0 Å². The van der Waals surface area contributed by atoms with E-state index in [1.165, 1.54) is 0 Å². The van der Waals surface area contributed by atoms with Crippen LogP contribution in [0.4, 0.5) is 0 Å². The number of furan rings is 1. The Hall–Kier alpha value is -3.32. The van der Waals surface area contributed by atoms with E-state index < -0.39 is 5.41 Å². The van der Waals surface area contributed by atoms with Gasteiger partial charge in [0.15, 0.2) is 6.20 Å². The highest BCUT2D eigenvalue weighted by atomic mass is 16.5. The minimum atomic E-state index is -0.424. The number of aromatic nitrogens is 1. The summed E-state index contributed by atoms with van der Waals surface area (Å²) in [6, 6.07) is 12.8. The van der Waals surface area contributed by atoms with Gasteiger partial charge in [-0.2, -0.15) is 5.26 Å². The number of hydrogen-bond donors (Lipinski definition) is 0. The molecular formula is C24H21N2O2+. The number of hydrogen-bond acceptors (Lipinski definition) is 3. The van der Waals surface area contributed by atoms with Crippen LogP contribution in [-0.4, -0.2) is 0 Å². The van der Waals surface area contributed by atoms with Gasteiger partial charge in [0.2, 0.25) is 5.69 Å². The van der Waals surface area contributed by atoms with Crippen LogP contribution in [0.15, 0.2) is 47.2 Å². The Balaban J connectivity index is 1.82. The van der Waals surface area contributed by atoms with Gasteiger partial charge in [0.05, 0.1) is 28.7 Å². The number of rotatable bonds is 2. The number of ether oxygens (including phenoxy) is 1. The zero-order valence-electron chi connectivity index (χ0n) is 16.5. The smallest absolute Gasteiger partial charge is 0.228 e. The molecule has 138 valence electrons. The average molecular weight is 369 g/mol. The van der Waals surface area contributed by atoms with Crippen LogP contribution in [0.1, 0.15) is 25.0 Å². The molecule has 2 aromatic carbocycles. The van der Waals surface area contributed by atoms with Crippen LogP contribution >= 0.6 is 0 Å². The van der Waals surface area contributed by atoms with E-state index in [-0.39, 0.29) is 0 Å². The molecule has 3 heterocycles. The molecule has 0 unspecified atom stereocenters. The van der Waals surface area contributed by atoms with Crippen molar-refractivity contribution in [2.75, 3.05) is 0 Å². The molecular weight excluding hydrogens is 348 g/mol. The molecule has 1 aliphatic rings. The Kier molecular flexibility index (Phi) is 3.36. The molecule has 1 aliphatic heterocycles. The summed E-state index contributed by atoms with van der Waals surface area (Å²) >= 11 is 0. The predicted molar refractivity (Wildman–Crippen MR) is 108 cm³/mol. The molecule has 4 nitrogen and oxygen atoms in total. The number of pyridine rings is 1. The summed E-state index contributed by atoms with van der Waals surface area (Å²) in [4.78, 5) is 0. The summed E-state index contributed by atoms with van der Waals surface area (Å²) in [5, 5.41) is 12.8. The molecule has 0 N–H and O–H groups in total. The zero-order valence-corrected chi connectivity index (χ0v) is 16.5. The molecule has 4 aromatic rings. The molecule has 2 aromatic heterocycles. The Bertz CT molecular complexity index is 1320. The predicted octanol–water partition coefficient (Wildman–Crippen LogP) is 5.58. The molecule has 0 atom stereocenters. The summed E-state index contributed by atoms with van der Waals surface area (Å²) in [6.45, 7) is 6.05. The van der Waals surface area contributed by atoms with Gasteiger partial charge in [-0.3, -0.25) is 0 Å². The first kappa shape index (κ1) is 16.8. The van der Waals surface area contributed by atoms with Crippen molar-refractivity contribution in [3.8, 4) is 28.8 Å². The lowest BCUT2D eigenvalue weighted by molar-refractivity contribution is -0.659. The van der Waals surface area contributed by atoms with Crippen LogP contribution in [0.3, 0.4) is 0 Å². The average Bonchev–Trinajstić information content (AvgIpc) is 3.12. The first-order chi connectivity index (χ1) is 13.4. The van der Waals surface area contributed by atoms with Crippen LogP contribution in [0.25, 0.3) is 33.0 Å². The first-order valence-corrected chi connectivity index (χ1v) is 9.43. The number of nitriles is 1. The van der Waals surface area contributed by atoms with Crippen LogP contribution < -0.4 is 9.30 Å². The fourth-order valence-electron chi connectivity index (χ4n) is 4.30. The summed E-state index contributed by atoms with van der Waals surface area (Å²) in [5.41, 5.74) is 4.93. The highest BCUT2D eigenvalue weighted by molar-refractivity contribution is 6.04. The minimum Gasteiger partial charge on any atom is -0.464 e. The fraction of sp³-hybridized carbons (Fsp3) is 0.250. The third kappa shape index (κ3) is 2.33. The summed E-state index contributed by atoms with van der Waals surface area (Å²) in [5.74, 6) is 1.65. The first-order valence-electron chi connectivity index (χ1n) is 9.43. The summed E-state index contributed by atoms with van der Waals surface area (Å²) in [7, 11) is 2.07. The van der Waals surface area contributed by atoms with E-state index in [0.29, 0.717) is 6.42 Å². The fourth-order valence-corrected chi connectivity index (χ4v) is 4.30. The number of benzene rings is 2. The normalized spacial score (nSPS) is 12.7. The second kappa shape index (κ2) is 5.59. The van der Waals surface area contributed by atoms with Gasteiger partial charge in [-0.15, -0.1) is 0 Å². The standard InChI is InChI=1S/C24H21N2O2/c1-14-17-6-8-27-18(17)11-20-21(14)23-22-16(5-7-26(23)4)9-15(10-19(22)28-20)12-24(2,3)13-25/h5-11H,12H2,1-4H3/q+1. The van der Waals surface area contributed by atoms with Crippen LogP contribution in [0.2, 0.25) is 0 Å². The maximum atomic E-state index is 9.43. The van der Waals surface area contributed by atoms with Crippen molar-refractivity contribution in [1.29, 1.82) is 5.26 Å². The van der Waals surface area contributed by atoms with Gasteiger partial charge in [0.25, 0.3) is 0 Å². The van der Waals surface area contributed by atoms with Gasteiger partial charge in [-0.1, -0.05) is 6.07 Å². The molecule has 0 radical (unpaired) electrons. The highest BCUT2D eigenvalue weighted by Crippen LogP contribution is 2.48. The molecule has 4 heteroatoms. The molecule has 0 saturated heterocycles. The molecule has 0 spiro atoms. The monoisotopic (exact) mass is 369 g/mol. The van der Waals surface area contributed by atoms with Gasteiger partial charge in [0.1, 0.15) is 24.1 Å². The Morgan fingerprint density at radius 1 is 1.14 bits per heavy atom. The molecule has 0 aliphatic carbocycles. The molecule has 0 amide bonds. The van der Waals surface area contributed by atoms with Gasteiger partial charge >= 0.3 is 0 Å². The van der Waals surface area contributed by atoms with E-state index in [1.54, 1.807) is 6.26 Å². The molecule has 0 saturated carbocycles. The lowest BCUT2D eigenvalue weighted by Crippen LogP contribution is -2.31. The number of aryl methyl sites for hydroxylation is 2. The molecule has 28 heavy (non-hydrogen) atoms. The van der Waals surface area contributed by atoms with Crippen molar-refractivity contribution >= 4 is 21.7 Å². The Labute approximate surface area is 163 Å². The highest BCUT2D eigenvalue weighted by Gasteiger charge is 2.31. The minimum absolute atomic E-state index is 0.424. The van der Waals surface area contributed by atoms with Crippen molar-refractivity contribution in [1.82, 2.24) is 0 Å². The second-order valence-electron chi connectivity index (χ2n) is 8.32. The Morgan fingerprint density at radius 2 is 1.96 bits per heavy atom. The number of fused-ring (bicyclic) bond motifs is 3. The Morgan fingerprint density at radius 3 is 2.75 bits per heavy atom. The maximum absolute atomic E-state index is 9.43. The van der Waals surface area contributed by atoms with Crippen LogP contribution in [-0.2, 0) is 13.5 Å². The van der Waals surface area contributed by atoms with Crippen LogP contribution in [0, 0.1) is 23.7 Å². The third-order valence-corrected chi connectivity index (χ3v) is 5.65. The zero-order chi connectivity index (χ0) is 19.6. The molecule has 0 bridgehead atoms. The second-order valence-corrected chi connectivity index (χ2v) is 8.32. The summed E-state index contributed by atoms with van der Waals surface area (Å²) < 4.78 is 14.2. The van der Waals surface area contributed by atoms with Crippen LogP contribution in [0.5, 0.6) is 11.5 Å². The van der Waals surface area contributed by atoms with Crippen molar-refractivity contribution in [3.05, 3.63) is 53.9 Å². The van der Waals surface area contributed by atoms with E-state index in [2.05, 4.69) is 49.0 Å². The van der Waals surface area contributed by atoms with E-state index >= 15 is 0 Å². The molecule has 5 rings (SSSR count). The van der Waals surface area contributed by atoms with Gasteiger partial charge in [0, 0.05) is 17.5 Å². The van der Waals surface area contributed by atoms with Crippen molar-refractivity contribution in [2.45, 2.75) is 27.2 Å². The third-order valence-electron chi connectivity index (χ3n) is 5.65. The lowest BCUT2D eigenvalue weighted by atomic mass is 9.86. The lowest BCUT2D eigenvalue weighted by Gasteiger charge is -2.22. The van der Waals surface area contributed by atoms with Crippen molar-refractivity contribution in [3.63, 3.8) is 0 Å². The van der Waals surface area contributed by atoms with Gasteiger partial charge in [-0.25, -0.2) is 4.57 Å².